The van der Waals surface area contributed by atoms with Crippen molar-refractivity contribution in [2.75, 3.05) is 56.9 Å². The molecule has 3 aliphatic rings. The van der Waals surface area contributed by atoms with Gasteiger partial charge in [-0.2, -0.15) is 0 Å². The molecule has 0 fully saturated rings. The van der Waals surface area contributed by atoms with E-state index in [2.05, 4.69) is 191 Å². The minimum Gasteiger partial charge on any atom is -0.611 e. The number of nitrogens with one attached hydrogen (secondary N) is 2. The predicted molar refractivity (Wildman–Crippen MR) is 358 cm³/mol. The number of aliphatic imine (C=N–C) groups is 1. The Morgan fingerprint density at radius 1 is 0.432 bits per heavy atom. The fraction of sp³-hybridized carbons (Fsp3) is 0.421. The van der Waals surface area contributed by atoms with Crippen molar-refractivity contribution < 1.29 is 37.9 Å². The van der Waals surface area contributed by atoms with Crippen LogP contribution >= 0.6 is 0 Å². The Hall–Kier alpha value is -6.84. The van der Waals surface area contributed by atoms with Crippen molar-refractivity contribution in [1.82, 2.24) is 15.3 Å². The summed E-state index contributed by atoms with van der Waals surface area (Å²) in [5.41, 5.74) is 23.8. The van der Waals surface area contributed by atoms with Gasteiger partial charge < -0.3 is 47.9 Å². The highest BCUT2D eigenvalue weighted by Gasteiger charge is 2.34. The van der Waals surface area contributed by atoms with E-state index in [4.69, 9.17) is 47.9 Å². The van der Waals surface area contributed by atoms with Crippen LogP contribution in [-0.2, 0) is 112 Å². The molecule has 0 spiro atoms. The Balaban J connectivity index is 1.49. The van der Waals surface area contributed by atoms with Crippen molar-refractivity contribution in [1.29, 1.82) is 0 Å². The van der Waals surface area contributed by atoms with Gasteiger partial charge in [-0.05, 0) is 147 Å². The SMILES string of the molecule is COCc1cc(C(C)(C)C)cc(COC)c1C1=CC2=c3cc(-c4c(COC)cc(C(C)(C)C)cc4COC)c([nH]3)=CC=c3[n-]c(cc3-c3c(COC)cc(C(C)(C)C)cc3COC)=C3[CH+]C(c4c(COC)cc(C(C)(C)C)cc4COC)=C(C=CC1=N2)N3. The first-order valence-electron chi connectivity index (χ1n) is 30.5. The molecule has 466 valence electrons. The van der Waals surface area contributed by atoms with E-state index in [9.17, 15) is 0 Å². The lowest BCUT2D eigenvalue weighted by atomic mass is 9.81. The molecule has 0 amide bonds. The molecule has 4 aromatic carbocycles. The smallest absolute Gasteiger partial charge is 0.129 e. The number of hydrogen-bond acceptors (Lipinski definition) is 10. The summed E-state index contributed by atoms with van der Waals surface area (Å²) in [6.07, 6.45) is 13.1. The molecular formula is C76H94N4O8. The molecule has 0 saturated heterocycles. The van der Waals surface area contributed by atoms with Gasteiger partial charge in [0.05, 0.1) is 81.6 Å². The molecule has 0 aliphatic carbocycles. The summed E-state index contributed by atoms with van der Waals surface area (Å²) in [5, 5.41) is 7.18. The van der Waals surface area contributed by atoms with E-state index < -0.39 is 0 Å². The van der Waals surface area contributed by atoms with Crippen molar-refractivity contribution in [2.24, 2.45) is 4.99 Å². The molecule has 9 rings (SSSR count). The molecule has 0 saturated carbocycles. The summed E-state index contributed by atoms with van der Waals surface area (Å²) in [4.78, 5) is 15.3. The highest BCUT2D eigenvalue weighted by Crippen LogP contribution is 2.42. The molecule has 8 bridgehead atoms. The molecule has 0 unspecified atom stereocenters. The van der Waals surface area contributed by atoms with Gasteiger partial charge in [-0.1, -0.05) is 126 Å². The molecule has 12 nitrogen and oxygen atoms in total. The number of hydrogen-bond donors (Lipinski definition) is 2. The number of benzene rings is 4. The van der Waals surface area contributed by atoms with Crippen molar-refractivity contribution in [2.45, 2.75) is 158 Å². The van der Waals surface area contributed by atoms with Crippen LogP contribution in [0, 0.1) is 6.42 Å². The third kappa shape index (κ3) is 13.8. The molecule has 0 atom stereocenters. The number of rotatable bonds is 20. The first-order valence-corrected chi connectivity index (χ1v) is 30.5. The van der Waals surface area contributed by atoms with Crippen LogP contribution in [0.15, 0.2) is 89.6 Å². The number of nitrogens with zero attached hydrogens (tertiary/aromatic N) is 2. The van der Waals surface area contributed by atoms with E-state index in [0.29, 0.717) is 52.9 Å². The highest BCUT2D eigenvalue weighted by molar-refractivity contribution is 6.34. The van der Waals surface area contributed by atoms with Crippen molar-refractivity contribution in [3.05, 3.63) is 190 Å². The Morgan fingerprint density at radius 2 is 0.807 bits per heavy atom. The zero-order valence-corrected chi connectivity index (χ0v) is 56.1. The van der Waals surface area contributed by atoms with Crippen molar-refractivity contribution >= 4 is 40.4 Å². The lowest BCUT2D eigenvalue weighted by molar-refractivity contribution is 0.179. The van der Waals surface area contributed by atoms with E-state index in [-0.39, 0.29) is 21.7 Å². The van der Waals surface area contributed by atoms with Crippen LogP contribution in [0.2, 0.25) is 0 Å². The number of fused-ring (bicyclic) bond motifs is 7. The topological polar surface area (TPSA) is 128 Å². The fourth-order valence-corrected chi connectivity index (χ4v) is 12.4. The second kappa shape index (κ2) is 26.7. The first-order chi connectivity index (χ1) is 41.8. The fourth-order valence-electron chi connectivity index (χ4n) is 12.4. The van der Waals surface area contributed by atoms with E-state index in [0.717, 1.165) is 133 Å². The monoisotopic (exact) mass is 1190 g/mol. The summed E-state index contributed by atoms with van der Waals surface area (Å²) in [7, 11) is 14.1. The standard InChI is InChI=1S/C76H94N4O8/c1-73(2,3)53-25-45(37-81-13)69(46(26-53)38-82-14)57-33-65-66-34-58(70-47(39-83-15)27-54(74(4,5)6)28-48(70)40-84-16)63(78-66)23-24-64-60(72-51(43-87-19)31-56(76(10,11)12)32-52(72)44-88-20)36-68(80-64)67-35-59(62(79-67)22-21-61(57)77-65)71-49(41-85-17)29-55(75(7,8)9)30-50(71)42-86-18/h21-36,77,80H,37-44H2,1-20H3. The maximum absolute atomic E-state index is 6.06. The Labute approximate surface area is 523 Å². The van der Waals surface area contributed by atoms with E-state index in [1.807, 2.05) is 0 Å². The summed E-state index contributed by atoms with van der Waals surface area (Å²) in [6, 6.07) is 22.8. The Kier molecular flexibility index (Phi) is 19.9. The number of aromatic nitrogens is 2. The number of methoxy groups -OCH3 is 8. The van der Waals surface area contributed by atoms with Gasteiger partial charge in [-0.3, -0.25) is 5.32 Å². The number of ether oxygens (including phenoxy) is 8. The normalized spacial score (nSPS) is 14.5. The summed E-state index contributed by atoms with van der Waals surface area (Å²) in [5.74, 6) is 0. The van der Waals surface area contributed by atoms with Gasteiger partial charge in [-0.15, -0.1) is 5.35 Å². The lowest BCUT2D eigenvalue weighted by Gasteiger charge is -2.24. The van der Waals surface area contributed by atoms with Crippen LogP contribution in [0.5, 0.6) is 0 Å². The molecule has 2 aromatic heterocycles. The summed E-state index contributed by atoms with van der Waals surface area (Å²) >= 11 is 0. The molecule has 3 aliphatic heterocycles. The van der Waals surface area contributed by atoms with Crippen LogP contribution in [0.4, 0.5) is 0 Å². The minimum atomic E-state index is -0.145. The molecule has 88 heavy (non-hydrogen) atoms. The molecule has 2 N–H and O–H groups in total. The molecule has 12 heteroatoms. The first kappa shape index (κ1) is 65.6. The molecular weight excluding hydrogens is 1100 g/mol. The average Bonchev–Trinajstić information content (AvgIpc) is 2.56. The largest absolute Gasteiger partial charge is 0.611 e. The highest BCUT2D eigenvalue weighted by atomic mass is 16.5. The molecule has 0 radical (unpaired) electrons. The Morgan fingerprint density at radius 3 is 1.19 bits per heavy atom. The predicted octanol–water partition coefficient (Wildman–Crippen LogP) is 12.5. The molecule has 5 heterocycles. The maximum Gasteiger partial charge on any atom is 0.129 e. The number of H-pyrrole nitrogens is 1. The maximum atomic E-state index is 6.06. The van der Waals surface area contributed by atoms with Gasteiger partial charge in [0.2, 0.25) is 0 Å². The number of aromatic amines is 1. The Bertz CT molecular complexity index is 3890. The van der Waals surface area contributed by atoms with Gasteiger partial charge in [-0.25, -0.2) is 4.99 Å². The van der Waals surface area contributed by atoms with Crippen LogP contribution < -0.4 is 31.7 Å². The van der Waals surface area contributed by atoms with Gasteiger partial charge in [0.1, 0.15) is 17.0 Å². The van der Waals surface area contributed by atoms with Gasteiger partial charge in [0.25, 0.3) is 0 Å². The van der Waals surface area contributed by atoms with E-state index in [1.54, 1.807) is 56.9 Å². The third-order valence-electron chi connectivity index (χ3n) is 16.8. The number of allylic oxidation sites excluding steroid dienone is 3. The van der Waals surface area contributed by atoms with E-state index >= 15 is 0 Å². The molecule has 6 aromatic rings. The zero-order valence-electron chi connectivity index (χ0n) is 56.1. The minimum absolute atomic E-state index is 0.144. The average molecular weight is 1190 g/mol. The quantitative estimate of drug-likeness (QED) is 0.0713. The third-order valence-corrected chi connectivity index (χ3v) is 16.8. The van der Waals surface area contributed by atoms with Crippen LogP contribution in [0.1, 0.15) is 161 Å². The van der Waals surface area contributed by atoms with Crippen LogP contribution in [0.3, 0.4) is 0 Å². The van der Waals surface area contributed by atoms with Gasteiger partial charge >= 0.3 is 0 Å². The van der Waals surface area contributed by atoms with Crippen LogP contribution in [-0.4, -0.2) is 67.6 Å². The van der Waals surface area contributed by atoms with Crippen molar-refractivity contribution in [3.63, 3.8) is 0 Å². The summed E-state index contributed by atoms with van der Waals surface area (Å²) in [6.45, 7) is 30.0. The summed E-state index contributed by atoms with van der Waals surface area (Å²) < 4.78 is 48.5. The zero-order chi connectivity index (χ0) is 63.6. The van der Waals surface area contributed by atoms with Gasteiger partial charge in [0, 0.05) is 90.6 Å². The van der Waals surface area contributed by atoms with Gasteiger partial charge in [0.15, 0.2) is 0 Å². The van der Waals surface area contributed by atoms with Crippen molar-refractivity contribution in [3.8, 4) is 22.3 Å². The lowest BCUT2D eigenvalue weighted by Crippen LogP contribution is -2.22. The second-order valence-electron chi connectivity index (χ2n) is 27.7. The van der Waals surface area contributed by atoms with Crippen LogP contribution in [0.25, 0.3) is 56.9 Å². The second-order valence-corrected chi connectivity index (χ2v) is 27.7. The van der Waals surface area contributed by atoms with E-state index in [1.165, 1.54) is 22.3 Å².